The Labute approximate surface area is 76.9 Å². The first kappa shape index (κ1) is 8.26. The molecule has 0 fully saturated rings. The van der Waals surface area contributed by atoms with Crippen molar-refractivity contribution in [3.63, 3.8) is 0 Å². The van der Waals surface area contributed by atoms with Crippen molar-refractivity contribution in [2.45, 2.75) is 13.0 Å². The van der Waals surface area contributed by atoms with Crippen LogP contribution in [0.1, 0.15) is 18.7 Å². The van der Waals surface area contributed by atoms with Crippen molar-refractivity contribution in [2.24, 2.45) is 5.73 Å². The molecule has 0 saturated heterocycles. The Morgan fingerprint density at radius 2 is 2.23 bits per heavy atom. The van der Waals surface area contributed by atoms with Gasteiger partial charge in [-0.3, -0.25) is 5.10 Å². The van der Waals surface area contributed by atoms with E-state index in [9.17, 15) is 0 Å². The first-order chi connectivity index (χ1) is 6.33. The van der Waals surface area contributed by atoms with Gasteiger partial charge in [0.1, 0.15) is 0 Å². The van der Waals surface area contributed by atoms with E-state index in [0.717, 1.165) is 16.6 Å². The van der Waals surface area contributed by atoms with E-state index in [1.165, 1.54) is 0 Å². The predicted octanol–water partition coefficient (Wildman–Crippen LogP) is 1.79. The van der Waals surface area contributed by atoms with Gasteiger partial charge < -0.3 is 5.73 Å². The molecule has 1 aromatic carbocycles. The highest BCUT2D eigenvalue weighted by atomic mass is 15.1. The van der Waals surface area contributed by atoms with Gasteiger partial charge >= 0.3 is 0 Å². The molecular formula is C10H12N3. The fourth-order valence-electron chi connectivity index (χ4n) is 1.40. The number of nitrogens with two attached hydrogens (primary N) is 1. The average molecular weight is 174 g/mol. The SMILES string of the molecule is C[CH]C(N)c1n[nH]c2ccccc12. The summed E-state index contributed by atoms with van der Waals surface area (Å²) in [6.07, 6.45) is 1.93. The maximum Gasteiger partial charge on any atom is 0.0870 e. The zero-order valence-corrected chi connectivity index (χ0v) is 7.49. The number of aromatic amines is 1. The van der Waals surface area contributed by atoms with Crippen LogP contribution in [-0.2, 0) is 0 Å². The Morgan fingerprint density at radius 3 is 3.00 bits per heavy atom. The highest BCUT2D eigenvalue weighted by Gasteiger charge is 2.10. The number of nitrogens with one attached hydrogen (secondary N) is 1. The first-order valence-electron chi connectivity index (χ1n) is 4.31. The number of benzene rings is 1. The molecule has 0 amide bonds. The zero-order valence-electron chi connectivity index (χ0n) is 7.49. The summed E-state index contributed by atoms with van der Waals surface area (Å²) in [5, 5.41) is 8.24. The van der Waals surface area contributed by atoms with Gasteiger partial charge in [-0.1, -0.05) is 25.1 Å². The summed E-state index contributed by atoms with van der Waals surface area (Å²) in [6, 6.07) is 7.90. The maximum atomic E-state index is 5.87. The lowest BCUT2D eigenvalue weighted by molar-refractivity contribution is 0.798. The molecule has 1 atom stereocenters. The summed E-state index contributed by atoms with van der Waals surface area (Å²) >= 11 is 0. The molecule has 0 saturated carbocycles. The van der Waals surface area contributed by atoms with Crippen molar-refractivity contribution in [3.05, 3.63) is 36.4 Å². The van der Waals surface area contributed by atoms with Gasteiger partial charge in [0.15, 0.2) is 0 Å². The van der Waals surface area contributed by atoms with Gasteiger partial charge in [-0.25, -0.2) is 0 Å². The molecule has 0 spiro atoms. The second-order valence-corrected chi connectivity index (χ2v) is 3.01. The monoisotopic (exact) mass is 174 g/mol. The highest BCUT2D eigenvalue weighted by molar-refractivity contribution is 5.81. The van der Waals surface area contributed by atoms with Crippen molar-refractivity contribution in [2.75, 3.05) is 0 Å². The second kappa shape index (κ2) is 3.18. The van der Waals surface area contributed by atoms with Crippen LogP contribution in [0.4, 0.5) is 0 Å². The molecule has 3 nitrogen and oxygen atoms in total. The minimum Gasteiger partial charge on any atom is -0.322 e. The highest BCUT2D eigenvalue weighted by Crippen LogP contribution is 2.20. The molecule has 67 valence electrons. The van der Waals surface area contributed by atoms with Gasteiger partial charge in [0.2, 0.25) is 0 Å². The molecule has 2 rings (SSSR count). The number of hydrogen-bond donors (Lipinski definition) is 2. The number of hydrogen-bond acceptors (Lipinski definition) is 2. The van der Waals surface area contributed by atoms with Crippen molar-refractivity contribution in [1.29, 1.82) is 0 Å². The third kappa shape index (κ3) is 1.31. The Hall–Kier alpha value is -1.35. The maximum absolute atomic E-state index is 5.87. The van der Waals surface area contributed by atoms with E-state index in [-0.39, 0.29) is 6.04 Å². The van der Waals surface area contributed by atoms with Gasteiger partial charge in [-0.2, -0.15) is 5.10 Å². The van der Waals surface area contributed by atoms with E-state index in [4.69, 9.17) is 5.73 Å². The standard InChI is InChI=1S/C10H12N3/c1-2-8(11)10-7-5-3-4-6-9(7)12-13-10/h2-6,8H,11H2,1H3,(H,12,13). The van der Waals surface area contributed by atoms with Crippen LogP contribution in [0, 0.1) is 6.42 Å². The lowest BCUT2D eigenvalue weighted by atomic mass is 10.1. The van der Waals surface area contributed by atoms with E-state index in [2.05, 4.69) is 10.2 Å². The van der Waals surface area contributed by atoms with Crippen LogP contribution in [0.2, 0.25) is 0 Å². The lowest BCUT2D eigenvalue weighted by Gasteiger charge is -2.03. The van der Waals surface area contributed by atoms with E-state index in [0.29, 0.717) is 0 Å². The van der Waals surface area contributed by atoms with Gasteiger partial charge in [-0.05, 0) is 12.5 Å². The number of fused-ring (bicyclic) bond motifs is 1. The summed E-state index contributed by atoms with van der Waals surface area (Å²) in [7, 11) is 0. The molecule has 1 aromatic heterocycles. The molecule has 1 unspecified atom stereocenters. The van der Waals surface area contributed by atoms with Crippen LogP contribution in [0.25, 0.3) is 10.9 Å². The number of rotatable bonds is 2. The Kier molecular flexibility index (Phi) is 2.02. The fourth-order valence-corrected chi connectivity index (χ4v) is 1.40. The first-order valence-corrected chi connectivity index (χ1v) is 4.31. The van der Waals surface area contributed by atoms with E-state index in [1.54, 1.807) is 0 Å². The zero-order chi connectivity index (χ0) is 9.26. The van der Waals surface area contributed by atoms with Gasteiger partial charge in [0.05, 0.1) is 17.3 Å². The molecule has 1 radical (unpaired) electrons. The quantitative estimate of drug-likeness (QED) is 0.729. The summed E-state index contributed by atoms with van der Waals surface area (Å²) in [4.78, 5) is 0. The van der Waals surface area contributed by atoms with Crippen LogP contribution in [0.15, 0.2) is 24.3 Å². The van der Waals surface area contributed by atoms with Crippen LogP contribution in [-0.4, -0.2) is 10.2 Å². The Morgan fingerprint density at radius 1 is 1.46 bits per heavy atom. The molecule has 0 aliphatic rings. The molecule has 0 aliphatic heterocycles. The van der Waals surface area contributed by atoms with Crippen LogP contribution >= 0.6 is 0 Å². The molecule has 0 aliphatic carbocycles. The normalized spacial score (nSPS) is 13.4. The molecule has 0 bridgehead atoms. The smallest absolute Gasteiger partial charge is 0.0870 e. The lowest BCUT2D eigenvalue weighted by Crippen LogP contribution is -2.09. The molecule has 13 heavy (non-hydrogen) atoms. The topological polar surface area (TPSA) is 54.7 Å². The average Bonchev–Trinajstić information content (AvgIpc) is 2.60. The third-order valence-electron chi connectivity index (χ3n) is 2.17. The van der Waals surface area contributed by atoms with Crippen LogP contribution in [0.5, 0.6) is 0 Å². The van der Waals surface area contributed by atoms with Crippen molar-refractivity contribution in [3.8, 4) is 0 Å². The number of H-pyrrole nitrogens is 1. The molecule has 1 heterocycles. The number of nitrogens with zero attached hydrogens (tertiary/aromatic N) is 1. The van der Waals surface area contributed by atoms with E-state index < -0.39 is 0 Å². The second-order valence-electron chi connectivity index (χ2n) is 3.01. The minimum absolute atomic E-state index is 0.0869. The summed E-state index contributed by atoms with van der Waals surface area (Å²) in [6.45, 7) is 1.94. The third-order valence-corrected chi connectivity index (χ3v) is 2.17. The van der Waals surface area contributed by atoms with Crippen molar-refractivity contribution < 1.29 is 0 Å². The van der Waals surface area contributed by atoms with Crippen LogP contribution in [0.3, 0.4) is 0 Å². The number of aromatic nitrogens is 2. The molecular weight excluding hydrogens is 162 g/mol. The predicted molar refractivity (Wildman–Crippen MR) is 53.0 cm³/mol. The van der Waals surface area contributed by atoms with Gasteiger partial charge in [0, 0.05) is 5.39 Å². The van der Waals surface area contributed by atoms with E-state index >= 15 is 0 Å². The summed E-state index contributed by atoms with van der Waals surface area (Å²) in [5.74, 6) is 0. The van der Waals surface area contributed by atoms with Gasteiger partial charge in [0.25, 0.3) is 0 Å². The van der Waals surface area contributed by atoms with Crippen molar-refractivity contribution in [1.82, 2.24) is 10.2 Å². The summed E-state index contributed by atoms with van der Waals surface area (Å²) < 4.78 is 0. The molecule has 3 heteroatoms. The summed E-state index contributed by atoms with van der Waals surface area (Å²) in [5.41, 5.74) is 7.82. The largest absolute Gasteiger partial charge is 0.322 e. The van der Waals surface area contributed by atoms with Gasteiger partial charge in [-0.15, -0.1) is 0 Å². The fraction of sp³-hybridized carbons (Fsp3) is 0.200. The van der Waals surface area contributed by atoms with E-state index in [1.807, 2.05) is 37.6 Å². The molecule has 2 aromatic rings. The molecule has 3 N–H and O–H groups in total. The number of para-hydroxylation sites is 1. The van der Waals surface area contributed by atoms with Crippen LogP contribution < -0.4 is 5.73 Å². The van der Waals surface area contributed by atoms with Crippen molar-refractivity contribution >= 4 is 10.9 Å². The Balaban J connectivity index is 2.57. The minimum atomic E-state index is -0.0869. The Bertz CT molecular complexity index is 405.